The van der Waals surface area contributed by atoms with Crippen LogP contribution in [0.25, 0.3) is 10.9 Å². The number of hydrogen-bond acceptors (Lipinski definition) is 5. The van der Waals surface area contributed by atoms with E-state index in [0.717, 1.165) is 31.2 Å². The molecular weight excluding hydrogens is 382 g/mol. The summed E-state index contributed by atoms with van der Waals surface area (Å²) >= 11 is 0. The lowest BCUT2D eigenvalue weighted by Gasteiger charge is -2.34. The molecule has 1 aliphatic carbocycles. The van der Waals surface area contributed by atoms with Crippen molar-refractivity contribution in [2.45, 2.75) is 71.9 Å². The summed E-state index contributed by atoms with van der Waals surface area (Å²) in [5, 5.41) is 13.3. The molecule has 162 valence electrons. The molecule has 1 aromatic carbocycles. The van der Waals surface area contributed by atoms with Gasteiger partial charge < -0.3 is 20.9 Å². The highest BCUT2D eigenvalue weighted by Gasteiger charge is 2.30. The molecular formula is C23H31N3O4. The van der Waals surface area contributed by atoms with Crippen LogP contribution in [0.5, 0.6) is 5.75 Å². The van der Waals surface area contributed by atoms with Crippen LogP contribution >= 0.6 is 0 Å². The van der Waals surface area contributed by atoms with E-state index < -0.39 is 5.97 Å². The highest BCUT2D eigenvalue weighted by Crippen LogP contribution is 2.38. The van der Waals surface area contributed by atoms with Gasteiger partial charge in [-0.3, -0.25) is 9.78 Å². The topological polar surface area (TPSA) is 115 Å². The number of nitrogens with one attached hydrogen (secondary N) is 1. The standard InChI is InChI=1S/C23H31N3O4/c1-5-14-10-11-16-19(20(24)18(23(28)29)13(4)25-16)21(14)30-17-9-7-6-8-15(17)26-22(27)12(2)3/h10-12,15,17H,5-9H2,1-4H3,(H2,24,25)(H,26,27)(H,28,29). The second-order valence-electron chi connectivity index (χ2n) is 8.30. The van der Waals surface area contributed by atoms with Gasteiger partial charge in [0.2, 0.25) is 5.91 Å². The Morgan fingerprint density at radius 3 is 2.63 bits per heavy atom. The van der Waals surface area contributed by atoms with E-state index in [9.17, 15) is 14.7 Å². The van der Waals surface area contributed by atoms with Crippen molar-refractivity contribution in [2.24, 2.45) is 5.92 Å². The van der Waals surface area contributed by atoms with Gasteiger partial charge in [0, 0.05) is 5.92 Å². The molecule has 0 spiro atoms. The van der Waals surface area contributed by atoms with Crippen LogP contribution in [0.2, 0.25) is 0 Å². The first-order chi connectivity index (χ1) is 14.2. The number of amides is 1. The van der Waals surface area contributed by atoms with Crippen LogP contribution in [-0.2, 0) is 11.2 Å². The molecule has 7 heteroatoms. The number of pyridine rings is 1. The number of carboxylic acid groups (broad SMARTS) is 1. The predicted octanol–water partition coefficient (Wildman–Crippen LogP) is 3.85. The average molecular weight is 414 g/mol. The van der Waals surface area contributed by atoms with E-state index in [1.807, 2.05) is 32.9 Å². The number of aromatic carboxylic acids is 1. The van der Waals surface area contributed by atoms with Crippen molar-refractivity contribution in [1.29, 1.82) is 0 Å². The molecule has 2 unspecified atom stereocenters. The minimum atomic E-state index is -1.10. The van der Waals surface area contributed by atoms with Gasteiger partial charge in [0.1, 0.15) is 17.4 Å². The first kappa shape index (κ1) is 21.9. The Labute approximate surface area is 177 Å². The van der Waals surface area contributed by atoms with Crippen molar-refractivity contribution < 1.29 is 19.4 Å². The molecule has 1 fully saturated rings. The van der Waals surface area contributed by atoms with Crippen molar-refractivity contribution in [3.8, 4) is 5.75 Å². The summed E-state index contributed by atoms with van der Waals surface area (Å²) in [7, 11) is 0. The van der Waals surface area contributed by atoms with Crippen molar-refractivity contribution in [2.75, 3.05) is 5.73 Å². The molecule has 3 rings (SSSR count). The van der Waals surface area contributed by atoms with Crippen LogP contribution < -0.4 is 15.8 Å². The number of carboxylic acids is 1. The number of nitrogens with zero attached hydrogens (tertiary/aromatic N) is 1. The lowest BCUT2D eigenvalue weighted by Crippen LogP contribution is -2.48. The summed E-state index contributed by atoms with van der Waals surface area (Å²) in [5.74, 6) is -0.614. The monoisotopic (exact) mass is 413 g/mol. The lowest BCUT2D eigenvalue weighted by atomic mass is 9.91. The Hall–Kier alpha value is -2.83. The van der Waals surface area contributed by atoms with Gasteiger partial charge in [-0.15, -0.1) is 0 Å². The summed E-state index contributed by atoms with van der Waals surface area (Å²) < 4.78 is 6.51. The highest BCUT2D eigenvalue weighted by molar-refractivity contribution is 6.07. The van der Waals surface area contributed by atoms with Crippen molar-refractivity contribution in [1.82, 2.24) is 10.3 Å². The SMILES string of the molecule is CCc1ccc2nc(C)c(C(=O)O)c(N)c2c1OC1CCCCC1NC(=O)C(C)C. The number of fused-ring (bicyclic) bond motifs is 1. The first-order valence-electron chi connectivity index (χ1n) is 10.7. The fourth-order valence-electron chi connectivity index (χ4n) is 4.11. The fourth-order valence-corrected chi connectivity index (χ4v) is 4.11. The smallest absolute Gasteiger partial charge is 0.339 e. The summed E-state index contributed by atoms with van der Waals surface area (Å²) in [4.78, 5) is 28.5. The molecule has 1 amide bonds. The van der Waals surface area contributed by atoms with Gasteiger partial charge >= 0.3 is 5.97 Å². The van der Waals surface area contributed by atoms with E-state index >= 15 is 0 Å². The number of anilines is 1. The highest BCUT2D eigenvalue weighted by atomic mass is 16.5. The van der Waals surface area contributed by atoms with E-state index in [1.54, 1.807) is 6.92 Å². The maximum Gasteiger partial charge on any atom is 0.339 e. The minimum Gasteiger partial charge on any atom is -0.487 e. The van der Waals surface area contributed by atoms with Crippen molar-refractivity contribution >= 4 is 28.5 Å². The number of benzene rings is 1. The van der Waals surface area contributed by atoms with Crippen LogP contribution in [0.3, 0.4) is 0 Å². The largest absolute Gasteiger partial charge is 0.487 e. The van der Waals surface area contributed by atoms with Gasteiger partial charge in [-0.25, -0.2) is 4.79 Å². The van der Waals surface area contributed by atoms with Crippen LogP contribution in [0.1, 0.15) is 68.1 Å². The lowest BCUT2D eigenvalue weighted by molar-refractivity contribution is -0.125. The first-order valence-corrected chi connectivity index (χ1v) is 10.7. The number of carbonyl (C=O) groups is 2. The quantitative estimate of drug-likeness (QED) is 0.663. The summed E-state index contributed by atoms with van der Waals surface area (Å²) in [6.45, 7) is 7.40. The molecule has 1 aliphatic rings. The predicted molar refractivity (Wildman–Crippen MR) is 117 cm³/mol. The van der Waals surface area contributed by atoms with Crippen molar-refractivity contribution in [3.05, 3.63) is 29.0 Å². The summed E-state index contributed by atoms with van der Waals surface area (Å²) in [5.41, 5.74) is 8.45. The molecule has 4 N–H and O–H groups in total. The van der Waals surface area contributed by atoms with Crippen molar-refractivity contribution in [3.63, 3.8) is 0 Å². The molecule has 30 heavy (non-hydrogen) atoms. The third-order valence-electron chi connectivity index (χ3n) is 5.82. The Morgan fingerprint density at radius 2 is 2.00 bits per heavy atom. The van der Waals surface area contributed by atoms with E-state index in [4.69, 9.17) is 10.5 Å². The Bertz CT molecular complexity index is 971. The molecule has 0 saturated heterocycles. The van der Waals surface area contributed by atoms with Crippen LogP contribution in [0.15, 0.2) is 12.1 Å². The molecule has 0 bridgehead atoms. The number of hydrogen-bond donors (Lipinski definition) is 3. The van der Waals surface area contributed by atoms with E-state index in [0.29, 0.717) is 28.8 Å². The zero-order valence-corrected chi connectivity index (χ0v) is 18.1. The zero-order valence-electron chi connectivity index (χ0n) is 18.1. The third kappa shape index (κ3) is 4.20. The second kappa shape index (κ2) is 8.90. The normalized spacial score (nSPS) is 19.1. The van der Waals surface area contributed by atoms with Gasteiger partial charge in [-0.05, 0) is 44.2 Å². The number of aryl methyl sites for hydroxylation is 2. The second-order valence-corrected chi connectivity index (χ2v) is 8.30. The van der Waals surface area contributed by atoms with Gasteiger partial charge in [-0.1, -0.05) is 33.3 Å². The van der Waals surface area contributed by atoms with E-state index in [1.165, 1.54) is 0 Å². The number of nitrogens with two attached hydrogens (primary N) is 1. The number of rotatable bonds is 6. The number of carbonyl (C=O) groups excluding carboxylic acids is 1. The number of aromatic nitrogens is 1. The summed E-state index contributed by atoms with van der Waals surface area (Å²) in [6.07, 6.45) is 4.21. The molecule has 2 aromatic rings. The molecule has 1 heterocycles. The maximum atomic E-state index is 12.3. The Kier molecular flexibility index (Phi) is 6.48. The van der Waals surface area contributed by atoms with Crippen LogP contribution in [0, 0.1) is 12.8 Å². The van der Waals surface area contributed by atoms with Crippen LogP contribution in [0.4, 0.5) is 5.69 Å². The average Bonchev–Trinajstić information content (AvgIpc) is 2.68. The maximum absolute atomic E-state index is 12.3. The minimum absolute atomic E-state index is 0.00825. The zero-order chi connectivity index (χ0) is 22.0. The third-order valence-corrected chi connectivity index (χ3v) is 5.82. The Morgan fingerprint density at radius 1 is 1.30 bits per heavy atom. The molecule has 0 aliphatic heterocycles. The van der Waals surface area contributed by atoms with Crippen LogP contribution in [-0.4, -0.2) is 34.1 Å². The van der Waals surface area contributed by atoms with Gasteiger partial charge in [-0.2, -0.15) is 0 Å². The molecule has 0 radical (unpaired) electrons. The Balaban J connectivity index is 2.08. The molecule has 1 saturated carbocycles. The molecule has 1 aromatic heterocycles. The molecule has 2 atom stereocenters. The number of ether oxygens (including phenoxy) is 1. The molecule has 7 nitrogen and oxygen atoms in total. The fraction of sp³-hybridized carbons (Fsp3) is 0.522. The summed E-state index contributed by atoms with van der Waals surface area (Å²) in [6, 6.07) is 3.72. The van der Waals surface area contributed by atoms with E-state index in [2.05, 4.69) is 10.3 Å². The van der Waals surface area contributed by atoms with Gasteiger partial charge in [0.15, 0.2) is 0 Å². The number of nitrogen functional groups attached to an aromatic ring is 1. The van der Waals surface area contributed by atoms with E-state index in [-0.39, 0.29) is 35.2 Å². The van der Waals surface area contributed by atoms with Gasteiger partial charge in [0.25, 0.3) is 0 Å². The van der Waals surface area contributed by atoms with Gasteiger partial charge in [0.05, 0.1) is 28.3 Å².